The summed E-state index contributed by atoms with van der Waals surface area (Å²) in [5, 5.41) is 95.0. The van der Waals surface area contributed by atoms with E-state index in [0.717, 1.165) is 12.8 Å². The molecule has 2 rings (SSSR count). The number of unbranched alkanes of at least 4 members (excludes halogenated alkanes) is 13. The zero-order valence-electron chi connectivity index (χ0n) is 28.2. The summed E-state index contributed by atoms with van der Waals surface area (Å²) in [6, 6.07) is 0. The number of rotatable bonds is 23. The van der Waals surface area contributed by atoms with E-state index in [0.29, 0.717) is 6.61 Å². The molecule has 0 saturated carbocycles. The predicted molar refractivity (Wildman–Crippen MR) is 169 cm³/mol. The van der Waals surface area contributed by atoms with Gasteiger partial charge in [0.15, 0.2) is 18.9 Å². The van der Waals surface area contributed by atoms with Gasteiger partial charge < -0.3 is 74.7 Å². The first-order chi connectivity index (χ1) is 22.6. The molecule has 2 aliphatic rings. The van der Waals surface area contributed by atoms with Crippen molar-refractivity contribution in [2.45, 2.75) is 171 Å². The largest absolute Gasteiger partial charge is 0.394 e. The third-order valence-electron chi connectivity index (χ3n) is 8.57. The Morgan fingerprint density at radius 3 is 1.57 bits per heavy atom. The van der Waals surface area contributed by atoms with Crippen molar-refractivity contribution in [1.29, 1.82) is 0 Å². The van der Waals surface area contributed by atoms with Crippen LogP contribution in [0.1, 0.15) is 96.8 Å². The summed E-state index contributed by atoms with van der Waals surface area (Å²) in [6.07, 6.45) is 1.33. The van der Waals surface area contributed by atoms with Gasteiger partial charge in [-0.2, -0.15) is 0 Å². The van der Waals surface area contributed by atoms with Gasteiger partial charge >= 0.3 is 0 Å². The first-order valence-electron chi connectivity index (χ1n) is 17.3. The Hall–Kier alpha value is -0.600. The van der Waals surface area contributed by atoms with E-state index in [4.69, 9.17) is 33.9 Å². The Kier molecular flexibility index (Phi) is 24.8. The average Bonchev–Trinajstić information content (AvgIpc) is 3.07. The molecule has 0 spiro atoms. The highest BCUT2D eigenvalue weighted by molar-refractivity contribution is 4.93. The number of hydrogen-bond acceptors (Lipinski definition) is 15. The molecule has 2 unspecified atom stereocenters. The molecule has 0 aromatic carbocycles. The van der Waals surface area contributed by atoms with Crippen molar-refractivity contribution in [2.75, 3.05) is 33.5 Å². The molecule has 0 aliphatic carbocycles. The minimum atomic E-state index is -1.74. The summed E-state index contributed by atoms with van der Waals surface area (Å²) >= 11 is 0. The fourth-order valence-electron chi connectivity index (χ4n) is 5.46. The highest BCUT2D eigenvalue weighted by Gasteiger charge is 2.50. The normalized spacial score (nSPS) is 32.4. The van der Waals surface area contributed by atoms with E-state index in [1.807, 2.05) is 0 Å². The lowest BCUT2D eigenvalue weighted by Gasteiger charge is -2.45. The molecule has 0 aromatic rings. The summed E-state index contributed by atoms with van der Waals surface area (Å²) in [5.74, 6) is 0. The van der Waals surface area contributed by atoms with Crippen molar-refractivity contribution in [3.63, 3.8) is 0 Å². The van der Waals surface area contributed by atoms with Crippen LogP contribution in [0.25, 0.3) is 0 Å². The van der Waals surface area contributed by atoms with Crippen molar-refractivity contribution in [1.82, 2.24) is 0 Å². The van der Waals surface area contributed by atoms with Crippen LogP contribution in [0, 0.1) is 0 Å². The monoisotopic (exact) mass is 688 g/mol. The molecule has 12 atom stereocenters. The van der Waals surface area contributed by atoms with Crippen LogP contribution in [0.15, 0.2) is 0 Å². The molecule has 2 aliphatic heterocycles. The molecular formula is C32H64O15. The van der Waals surface area contributed by atoms with Crippen LogP contribution >= 0.6 is 0 Å². The van der Waals surface area contributed by atoms with E-state index in [-0.39, 0.29) is 6.61 Å². The fraction of sp³-hybridized carbons (Fsp3) is 1.00. The highest BCUT2D eigenvalue weighted by Crippen LogP contribution is 2.28. The lowest BCUT2D eigenvalue weighted by Crippen LogP contribution is -2.64. The average molecular weight is 689 g/mol. The molecule has 10 N–H and O–H groups in total. The maximum Gasteiger partial charge on any atom is 0.187 e. The topological polar surface area (TPSA) is 248 Å². The zero-order chi connectivity index (χ0) is 35.2. The number of aliphatic hydroxyl groups excluding tert-OH is 10. The molecule has 0 amide bonds. The van der Waals surface area contributed by atoms with Gasteiger partial charge in [0, 0.05) is 13.7 Å². The maximum absolute atomic E-state index is 9.94. The highest BCUT2D eigenvalue weighted by atomic mass is 16.7. The van der Waals surface area contributed by atoms with Gasteiger partial charge in [-0.3, -0.25) is 0 Å². The summed E-state index contributed by atoms with van der Waals surface area (Å²) in [6.45, 7) is 1.22. The third kappa shape index (κ3) is 16.3. The molecule has 0 radical (unpaired) electrons. The van der Waals surface area contributed by atoms with Gasteiger partial charge in [0.2, 0.25) is 0 Å². The van der Waals surface area contributed by atoms with Crippen molar-refractivity contribution in [2.24, 2.45) is 0 Å². The standard InChI is InChI=1S/C20H42O4.C12H22O11/c1-3-4-5-6-7-8-9-10-11-12-13-14-15-16-17-24-20(22)19(18-21)23-2;13-1-3-5(15)6(16)9(19)12(22-3)23-10-4(2-14)21-11(20)8(18)7(10)17/h19-22H,3-18H2,1-2H3;3-20H,1-2H2/t19-,20?;3-,4-,5+,6+,7-,8-,9-,10-,11?,12+/m01/s1. The number of hydrogen-bond donors (Lipinski definition) is 10. The van der Waals surface area contributed by atoms with Crippen molar-refractivity contribution < 1.29 is 74.7 Å². The van der Waals surface area contributed by atoms with Gasteiger partial charge in [0.1, 0.15) is 54.9 Å². The summed E-state index contributed by atoms with van der Waals surface area (Å²) < 4.78 is 25.4. The molecule has 47 heavy (non-hydrogen) atoms. The van der Waals surface area contributed by atoms with Crippen LogP contribution in [-0.2, 0) is 23.7 Å². The van der Waals surface area contributed by atoms with Crippen LogP contribution < -0.4 is 0 Å². The maximum atomic E-state index is 9.94. The molecule has 2 heterocycles. The van der Waals surface area contributed by atoms with Gasteiger partial charge in [-0.05, 0) is 6.42 Å². The second-order valence-corrected chi connectivity index (χ2v) is 12.3. The van der Waals surface area contributed by atoms with Gasteiger partial charge in [0.05, 0.1) is 19.8 Å². The van der Waals surface area contributed by atoms with E-state index < -0.39 is 87.0 Å². The number of methoxy groups -OCH3 is 1. The number of aliphatic hydroxyl groups is 10. The van der Waals surface area contributed by atoms with Crippen molar-refractivity contribution in [3.8, 4) is 0 Å². The lowest BCUT2D eigenvalue weighted by molar-refractivity contribution is -0.355. The van der Waals surface area contributed by atoms with Crippen molar-refractivity contribution in [3.05, 3.63) is 0 Å². The van der Waals surface area contributed by atoms with Gasteiger partial charge in [-0.25, -0.2) is 0 Å². The first-order valence-corrected chi connectivity index (χ1v) is 17.3. The Morgan fingerprint density at radius 1 is 0.596 bits per heavy atom. The summed E-state index contributed by atoms with van der Waals surface area (Å²) in [5.41, 5.74) is 0. The molecule has 282 valence electrons. The van der Waals surface area contributed by atoms with Gasteiger partial charge in [0.25, 0.3) is 0 Å². The predicted octanol–water partition coefficient (Wildman–Crippen LogP) is -0.587. The van der Waals surface area contributed by atoms with E-state index in [9.17, 15) is 40.9 Å². The van der Waals surface area contributed by atoms with E-state index in [1.54, 1.807) is 0 Å². The van der Waals surface area contributed by atoms with Crippen LogP contribution in [0.3, 0.4) is 0 Å². The Morgan fingerprint density at radius 2 is 1.11 bits per heavy atom. The number of ether oxygens (including phenoxy) is 5. The van der Waals surface area contributed by atoms with Crippen molar-refractivity contribution >= 4 is 0 Å². The molecule has 0 bridgehead atoms. The molecule has 15 nitrogen and oxygen atoms in total. The summed E-state index contributed by atoms with van der Waals surface area (Å²) in [4.78, 5) is 0. The van der Waals surface area contributed by atoms with Crippen LogP contribution in [0.5, 0.6) is 0 Å². The van der Waals surface area contributed by atoms with E-state index in [2.05, 4.69) is 6.92 Å². The molecule has 0 aromatic heterocycles. The Balaban J connectivity index is 0.000000470. The minimum Gasteiger partial charge on any atom is -0.394 e. The second kappa shape index (κ2) is 26.2. The minimum absolute atomic E-state index is 0.226. The fourth-order valence-corrected chi connectivity index (χ4v) is 5.46. The Bertz CT molecular complexity index is 729. The second-order valence-electron chi connectivity index (χ2n) is 12.3. The SMILES string of the molecule is CCCCCCCCCCCCCCCCOC(O)[C@H](CO)OC.OC[C@H]1O[C@@H](O[C@H]2[C@H](O)[C@@H](O)C(O)O[C@@H]2CO)[C@H](O)[C@@H](O)[C@H]1O. The summed E-state index contributed by atoms with van der Waals surface area (Å²) in [7, 11) is 1.46. The van der Waals surface area contributed by atoms with E-state index >= 15 is 0 Å². The lowest BCUT2D eigenvalue weighted by atomic mass is 9.97. The van der Waals surface area contributed by atoms with Crippen LogP contribution in [-0.4, -0.2) is 158 Å². The van der Waals surface area contributed by atoms with Crippen LogP contribution in [0.2, 0.25) is 0 Å². The molecular weight excluding hydrogens is 624 g/mol. The first kappa shape index (κ1) is 44.4. The molecule has 15 heteroatoms. The van der Waals surface area contributed by atoms with E-state index in [1.165, 1.54) is 84.2 Å². The smallest absolute Gasteiger partial charge is 0.187 e. The Labute approximate surface area is 279 Å². The van der Waals surface area contributed by atoms with Gasteiger partial charge in [-0.15, -0.1) is 0 Å². The molecule has 2 saturated heterocycles. The molecule has 2 fully saturated rings. The van der Waals surface area contributed by atoms with Crippen LogP contribution in [0.4, 0.5) is 0 Å². The van der Waals surface area contributed by atoms with Gasteiger partial charge in [-0.1, -0.05) is 90.4 Å². The zero-order valence-corrected chi connectivity index (χ0v) is 28.2. The quantitative estimate of drug-likeness (QED) is 0.0476. The third-order valence-corrected chi connectivity index (χ3v) is 8.57.